The van der Waals surface area contributed by atoms with Crippen LogP contribution in [0.15, 0.2) is 60.2 Å². The smallest absolute Gasteiger partial charge is 0.232 e. The van der Waals surface area contributed by atoms with Gasteiger partial charge in [0.1, 0.15) is 5.82 Å². The highest BCUT2D eigenvalue weighted by Gasteiger charge is 2.38. The first-order valence-electron chi connectivity index (χ1n) is 10.7. The first-order chi connectivity index (χ1) is 15.3. The van der Waals surface area contributed by atoms with E-state index in [1.807, 2.05) is 31.5 Å². The highest BCUT2D eigenvalue weighted by Crippen LogP contribution is 2.42. The van der Waals surface area contributed by atoms with Crippen molar-refractivity contribution in [3.05, 3.63) is 71.6 Å². The standard InChI is InChI=1S/C25H27FN4OS/c1-16(2)13-21(25(3,4)23(31)29-24-27-11-12-32-24)17-5-10-22-18(14-17)15-28-30(22)20-8-6-19(26)7-9-20/h5-12,14-16,21H,13H2,1-4H3,(H,27,29,31). The summed E-state index contributed by atoms with van der Waals surface area (Å²) in [5.41, 5.74) is 2.20. The average molecular weight is 451 g/mol. The summed E-state index contributed by atoms with van der Waals surface area (Å²) in [5.74, 6) is 0.119. The summed E-state index contributed by atoms with van der Waals surface area (Å²) < 4.78 is 15.1. The molecule has 0 aliphatic heterocycles. The van der Waals surface area contributed by atoms with E-state index in [0.29, 0.717) is 11.0 Å². The molecule has 0 bridgehead atoms. The first kappa shape index (κ1) is 22.1. The topological polar surface area (TPSA) is 59.8 Å². The highest BCUT2D eigenvalue weighted by atomic mass is 32.1. The van der Waals surface area contributed by atoms with Gasteiger partial charge in [0.2, 0.25) is 5.91 Å². The summed E-state index contributed by atoms with van der Waals surface area (Å²) in [5, 5.41) is 10.9. The van der Waals surface area contributed by atoms with Crippen LogP contribution in [0.3, 0.4) is 0 Å². The fourth-order valence-corrected chi connectivity index (χ4v) is 4.60. The third-order valence-corrected chi connectivity index (χ3v) is 6.57. The molecule has 1 amide bonds. The van der Waals surface area contributed by atoms with Crippen molar-refractivity contribution in [1.29, 1.82) is 0 Å². The molecular weight excluding hydrogens is 423 g/mol. The van der Waals surface area contributed by atoms with Gasteiger partial charge in [-0.15, -0.1) is 11.3 Å². The maximum absolute atomic E-state index is 13.3. The van der Waals surface area contributed by atoms with Crippen molar-refractivity contribution < 1.29 is 9.18 Å². The Morgan fingerprint density at radius 2 is 1.94 bits per heavy atom. The van der Waals surface area contributed by atoms with Crippen molar-refractivity contribution in [3.8, 4) is 5.69 Å². The first-order valence-corrected chi connectivity index (χ1v) is 11.6. The molecule has 1 atom stereocenters. The Hall–Kier alpha value is -3.06. The molecule has 0 spiro atoms. The number of halogens is 1. The third kappa shape index (κ3) is 4.43. The third-order valence-electron chi connectivity index (χ3n) is 5.88. The molecule has 2 aromatic carbocycles. The summed E-state index contributed by atoms with van der Waals surface area (Å²) in [6.07, 6.45) is 4.37. The Morgan fingerprint density at radius 3 is 2.59 bits per heavy atom. The van der Waals surface area contributed by atoms with E-state index in [4.69, 9.17) is 0 Å². The molecule has 0 saturated carbocycles. The lowest BCUT2D eigenvalue weighted by molar-refractivity contribution is -0.125. The Kier molecular flexibility index (Phi) is 6.11. The number of nitrogens with zero attached hydrogens (tertiary/aromatic N) is 3. The van der Waals surface area contributed by atoms with Gasteiger partial charge in [0.25, 0.3) is 0 Å². The molecule has 2 heterocycles. The average Bonchev–Trinajstić information content (AvgIpc) is 3.41. The number of anilines is 1. The van der Waals surface area contributed by atoms with Crippen LogP contribution in [0.25, 0.3) is 16.6 Å². The van der Waals surface area contributed by atoms with Crippen LogP contribution in [0.5, 0.6) is 0 Å². The Morgan fingerprint density at radius 1 is 1.19 bits per heavy atom. The van der Waals surface area contributed by atoms with Gasteiger partial charge in [-0.3, -0.25) is 4.79 Å². The van der Waals surface area contributed by atoms with Crippen LogP contribution in [0.2, 0.25) is 0 Å². The number of nitrogens with one attached hydrogen (secondary N) is 1. The van der Waals surface area contributed by atoms with Crippen LogP contribution in [-0.4, -0.2) is 20.7 Å². The van der Waals surface area contributed by atoms with Crippen LogP contribution in [-0.2, 0) is 4.79 Å². The van der Waals surface area contributed by atoms with Gasteiger partial charge < -0.3 is 5.32 Å². The predicted molar refractivity (Wildman–Crippen MR) is 128 cm³/mol. The van der Waals surface area contributed by atoms with E-state index < -0.39 is 5.41 Å². The maximum atomic E-state index is 13.3. The van der Waals surface area contributed by atoms with E-state index in [0.717, 1.165) is 28.6 Å². The molecule has 1 unspecified atom stereocenters. The van der Waals surface area contributed by atoms with E-state index in [2.05, 4.69) is 41.4 Å². The molecule has 0 radical (unpaired) electrons. The molecule has 0 fully saturated rings. The molecule has 32 heavy (non-hydrogen) atoms. The fraction of sp³-hybridized carbons (Fsp3) is 0.320. The van der Waals surface area contributed by atoms with Crippen molar-refractivity contribution in [3.63, 3.8) is 0 Å². The molecule has 0 aliphatic rings. The zero-order valence-electron chi connectivity index (χ0n) is 18.7. The lowest BCUT2D eigenvalue weighted by Gasteiger charge is -2.34. The summed E-state index contributed by atoms with van der Waals surface area (Å²) in [4.78, 5) is 17.4. The lowest BCUT2D eigenvalue weighted by atomic mass is 9.70. The summed E-state index contributed by atoms with van der Waals surface area (Å²) >= 11 is 1.41. The zero-order chi connectivity index (χ0) is 22.9. The Balaban J connectivity index is 1.69. The van der Waals surface area contributed by atoms with Crippen molar-refractivity contribution >= 4 is 33.3 Å². The van der Waals surface area contributed by atoms with Crippen molar-refractivity contribution in [2.24, 2.45) is 11.3 Å². The monoisotopic (exact) mass is 450 g/mol. The molecule has 0 aliphatic carbocycles. The van der Waals surface area contributed by atoms with Gasteiger partial charge in [-0.1, -0.05) is 33.8 Å². The van der Waals surface area contributed by atoms with Crippen LogP contribution in [0.4, 0.5) is 9.52 Å². The molecule has 0 saturated heterocycles. The SMILES string of the molecule is CC(C)CC(c1ccc2c(cnn2-c2ccc(F)cc2)c1)C(C)(C)C(=O)Nc1nccs1. The predicted octanol–water partition coefficient (Wildman–Crippen LogP) is 6.42. The van der Waals surface area contributed by atoms with E-state index >= 15 is 0 Å². The molecule has 4 aromatic rings. The van der Waals surface area contributed by atoms with E-state index in [1.54, 1.807) is 23.0 Å². The van der Waals surface area contributed by atoms with E-state index in [9.17, 15) is 9.18 Å². The summed E-state index contributed by atoms with van der Waals surface area (Å²) in [6, 6.07) is 12.5. The van der Waals surface area contributed by atoms with Gasteiger partial charge in [-0.05, 0) is 60.2 Å². The van der Waals surface area contributed by atoms with Gasteiger partial charge >= 0.3 is 0 Å². The quantitative estimate of drug-likeness (QED) is 0.354. The van der Waals surface area contributed by atoms with Crippen LogP contribution in [0.1, 0.15) is 45.6 Å². The number of carbonyl (C=O) groups excluding carboxylic acids is 1. The molecule has 4 rings (SSSR count). The molecule has 7 heteroatoms. The normalized spacial score (nSPS) is 12.9. The van der Waals surface area contributed by atoms with Crippen LogP contribution in [0, 0.1) is 17.2 Å². The number of rotatable bonds is 7. The number of hydrogen-bond donors (Lipinski definition) is 1. The van der Waals surface area contributed by atoms with Crippen LogP contribution >= 0.6 is 11.3 Å². The second-order valence-corrected chi connectivity index (χ2v) is 9.94. The Labute approximate surface area is 191 Å². The van der Waals surface area contributed by atoms with Crippen LogP contribution < -0.4 is 5.32 Å². The number of carbonyl (C=O) groups is 1. The zero-order valence-corrected chi connectivity index (χ0v) is 19.5. The Bertz CT molecular complexity index is 1210. The number of benzene rings is 2. The van der Waals surface area contributed by atoms with E-state index in [-0.39, 0.29) is 17.6 Å². The maximum Gasteiger partial charge on any atom is 0.232 e. The fourth-order valence-electron chi connectivity index (χ4n) is 4.08. The van der Waals surface area contributed by atoms with Gasteiger partial charge in [-0.25, -0.2) is 14.1 Å². The molecular formula is C25H27FN4OS. The minimum atomic E-state index is -0.642. The molecule has 2 aromatic heterocycles. The number of fused-ring (bicyclic) bond motifs is 1. The minimum Gasteiger partial charge on any atom is -0.301 e. The van der Waals surface area contributed by atoms with Gasteiger partial charge in [0.15, 0.2) is 5.13 Å². The van der Waals surface area contributed by atoms with Crippen molar-refractivity contribution in [1.82, 2.24) is 14.8 Å². The number of thiazole rings is 1. The molecule has 5 nitrogen and oxygen atoms in total. The summed E-state index contributed by atoms with van der Waals surface area (Å²) in [6.45, 7) is 8.34. The van der Waals surface area contributed by atoms with Crippen molar-refractivity contribution in [2.45, 2.75) is 40.0 Å². The van der Waals surface area contributed by atoms with Crippen molar-refractivity contribution in [2.75, 3.05) is 5.32 Å². The molecule has 166 valence electrons. The van der Waals surface area contributed by atoms with Gasteiger partial charge in [-0.2, -0.15) is 5.10 Å². The molecule has 1 N–H and O–H groups in total. The number of hydrogen-bond acceptors (Lipinski definition) is 4. The second-order valence-electron chi connectivity index (χ2n) is 9.05. The largest absolute Gasteiger partial charge is 0.301 e. The minimum absolute atomic E-state index is 0.0148. The van der Waals surface area contributed by atoms with Gasteiger partial charge in [0.05, 0.1) is 22.8 Å². The van der Waals surface area contributed by atoms with Gasteiger partial charge in [0, 0.05) is 17.0 Å². The lowest BCUT2D eigenvalue weighted by Crippen LogP contribution is -2.37. The second kappa shape index (κ2) is 8.82. The number of aromatic nitrogens is 3. The summed E-state index contributed by atoms with van der Waals surface area (Å²) in [7, 11) is 0. The highest BCUT2D eigenvalue weighted by molar-refractivity contribution is 7.13. The number of amides is 1. The van der Waals surface area contributed by atoms with E-state index in [1.165, 1.54) is 23.5 Å².